The van der Waals surface area contributed by atoms with Crippen LogP contribution in [0.25, 0.3) is 0 Å². The molecule has 1 aliphatic rings. The Morgan fingerprint density at radius 3 is 3.00 bits per heavy atom. The van der Waals surface area contributed by atoms with E-state index in [4.69, 9.17) is 0 Å². The topological polar surface area (TPSA) is 16.1 Å². The van der Waals surface area contributed by atoms with Gasteiger partial charge in [-0.25, -0.2) is 4.98 Å². The highest BCUT2D eigenvalue weighted by Crippen LogP contribution is 2.29. The molecule has 0 radical (unpaired) electrons. The third-order valence-corrected chi connectivity index (χ3v) is 4.48. The van der Waals surface area contributed by atoms with Crippen LogP contribution in [-0.4, -0.2) is 29.1 Å². The normalized spacial score (nSPS) is 21.8. The van der Waals surface area contributed by atoms with Gasteiger partial charge in [-0.15, -0.1) is 0 Å². The van der Waals surface area contributed by atoms with Gasteiger partial charge >= 0.3 is 0 Å². The second kappa shape index (κ2) is 5.06. The first-order valence-electron chi connectivity index (χ1n) is 4.84. The summed E-state index contributed by atoms with van der Waals surface area (Å²) in [5.74, 6) is 2.25. The average molecular weight is 352 g/mol. The van der Waals surface area contributed by atoms with Gasteiger partial charge in [0, 0.05) is 34.8 Å². The molecule has 0 bridgehead atoms. The molecular formula is C10H12Br2N2S. The molecular weight excluding hydrogens is 340 g/mol. The van der Waals surface area contributed by atoms with E-state index in [-0.39, 0.29) is 0 Å². The minimum absolute atomic E-state index is 0.691. The lowest BCUT2D eigenvalue weighted by atomic mass is 10.3. The van der Waals surface area contributed by atoms with Crippen molar-refractivity contribution < 1.29 is 0 Å². The Labute approximate surface area is 111 Å². The molecule has 15 heavy (non-hydrogen) atoms. The second-order valence-electron chi connectivity index (χ2n) is 3.59. The van der Waals surface area contributed by atoms with E-state index in [1.165, 1.54) is 5.75 Å². The van der Waals surface area contributed by atoms with Crippen molar-refractivity contribution in [1.82, 2.24) is 4.98 Å². The number of hydrogen-bond acceptors (Lipinski definition) is 3. The van der Waals surface area contributed by atoms with Gasteiger partial charge < -0.3 is 4.90 Å². The third kappa shape index (κ3) is 2.88. The van der Waals surface area contributed by atoms with Crippen molar-refractivity contribution >= 4 is 49.4 Å². The molecule has 0 N–H and O–H groups in total. The second-order valence-corrected chi connectivity index (χ2v) is 6.90. The smallest absolute Gasteiger partial charge is 0.143 e. The van der Waals surface area contributed by atoms with Crippen molar-refractivity contribution in [3.8, 4) is 0 Å². The first kappa shape index (κ1) is 11.7. The summed E-state index contributed by atoms with van der Waals surface area (Å²) in [5, 5.41) is 0.691. The van der Waals surface area contributed by atoms with Crippen LogP contribution in [0.2, 0.25) is 0 Å². The van der Waals surface area contributed by atoms with E-state index in [9.17, 15) is 0 Å². The molecule has 1 aliphatic heterocycles. The van der Waals surface area contributed by atoms with Crippen molar-refractivity contribution in [2.24, 2.45) is 0 Å². The lowest BCUT2D eigenvalue weighted by molar-refractivity contribution is 0.768. The number of halogens is 2. The van der Waals surface area contributed by atoms with Crippen LogP contribution in [0.15, 0.2) is 21.2 Å². The van der Waals surface area contributed by atoms with Crippen LogP contribution in [0, 0.1) is 0 Å². The van der Waals surface area contributed by atoms with Crippen LogP contribution in [0.3, 0.4) is 0 Å². The highest BCUT2D eigenvalue weighted by Gasteiger charge is 2.19. The minimum Gasteiger partial charge on any atom is -0.354 e. The highest BCUT2D eigenvalue weighted by atomic mass is 79.9. The quantitative estimate of drug-likeness (QED) is 0.769. The summed E-state index contributed by atoms with van der Waals surface area (Å²) in [4.78, 5) is 6.80. The van der Waals surface area contributed by atoms with Gasteiger partial charge in [-0.3, -0.25) is 0 Å². The Morgan fingerprint density at radius 2 is 2.33 bits per heavy atom. The summed E-state index contributed by atoms with van der Waals surface area (Å²) in [6.07, 6.45) is 1.85. The molecule has 2 rings (SSSR count). The van der Waals surface area contributed by atoms with E-state index in [1.54, 1.807) is 0 Å². The number of anilines is 1. The molecule has 2 nitrogen and oxygen atoms in total. The molecule has 1 aromatic heterocycles. The van der Waals surface area contributed by atoms with Crippen molar-refractivity contribution in [2.45, 2.75) is 12.2 Å². The third-order valence-electron chi connectivity index (χ3n) is 2.33. The van der Waals surface area contributed by atoms with Gasteiger partial charge in [0.1, 0.15) is 5.82 Å². The average Bonchev–Trinajstić information content (AvgIpc) is 2.17. The number of aromatic nitrogens is 1. The Morgan fingerprint density at radius 1 is 1.53 bits per heavy atom. The molecule has 5 heteroatoms. The monoisotopic (exact) mass is 350 g/mol. The maximum absolute atomic E-state index is 4.46. The molecule has 1 aromatic rings. The van der Waals surface area contributed by atoms with E-state index in [2.05, 4.69) is 54.7 Å². The number of pyridine rings is 1. The standard InChI is InChI=1S/C10H12Br2N2S/c1-7-6-14(2-3-15-7)10-9(12)4-8(11)5-13-10/h4-5,7H,2-3,6H2,1H3. The molecule has 1 fully saturated rings. The maximum Gasteiger partial charge on any atom is 0.143 e. The Hall–Kier alpha value is 0.260. The van der Waals surface area contributed by atoms with Gasteiger partial charge in [0.05, 0.1) is 4.47 Å². The van der Waals surface area contributed by atoms with Crippen molar-refractivity contribution in [3.05, 3.63) is 21.2 Å². The van der Waals surface area contributed by atoms with Crippen LogP contribution in [0.4, 0.5) is 5.82 Å². The summed E-state index contributed by atoms with van der Waals surface area (Å²) < 4.78 is 2.08. The zero-order chi connectivity index (χ0) is 10.8. The molecule has 0 spiro atoms. The number of hydrogen-bond donors (Lipinski definition) is 0. The summed E-state index contributed by atoms with van der Waals surface area (Å²) in [6.45, 7) is 4.43. The van der Waals surface area contributed by atoms with E-state index in [1.807, 2.05) is 18.0 Å². The van der Waals surface area contributed by atoms with Crippen molar-refractivity contribution in [1.29, 1.82) is 0 Å². The number of rotatable bonds is 1. The number of nitrogens with zero attached hydrogens (tertiary/aromatic N) is 2. The van der Waals surface area contributed by atoms with Crippen molar-refractivity contribution in [3.63, 3.8) is 0 Å². The summed E-state index contributed by atoms with van der Waals surface area (Å²) in [5.41, 5.74) is 0. The SMILES string of the molecule is CC1CN(c2ncc(Br)cc2Br)CCS1. The molecule has 1 unspecified atom stereocenters. The fourth-order valence-electron chi connectivity index (χ4n) is 1.65. The zero-order valence-corrected chi connectivity index (χ0v) is 12.4. The van der Waals surface area contributed by atoms with Crippen LogP contribution >= 0.6 is 43.6 Å². The molecule has 1 saturated heterocycles. The lowest BCUT2D eigenvalue weighted by Crippen LogP contribution is -2.37. The first-order valence-corrected chi connectivity index (χ1v) is 7.48. The van der Waals surface area contributed by atoms with Crippen LogP contribution in [0.1, 0.15) is 6.92 Å². The van der Waals surface area contributed by atoms with E-state index in [0.717, 1.165) is 27.9 Å². The summed E-state index contributed by atoms with van der Waals surface area (Å²) in [6, 6.07) is 2.05. The zero-order valence-electron chi connectivity index (χ0n) is 8.41. The molecule has 1 atom stereocenters. The Bertz CT molecular complexity index is 359. The fraction of sp³-hybridized carbons (Fsp3) is 0.500. The van der Waals surface area contributed by atoms with Gasteiger partial charge in [0.15, 0.2) is 0 Å². The maximum atomic E-state index is 4.46. The van der Waals surface area contributed by atoms with Crippen LogP contribution < -0.4 is 4.90 Å². The van der Waals surface area contributed by atoms with E-state index >= 15 is 0 Å². The summed E-state index contributed by atoms with van der Waals surface area (Å²) in [7, 11) is 0. The van der Waals surface area contributed by atoms with E-state index < -0.39 is 0 Å². The molecule has 0 amide bonds. The molecule has 2 heterocycles. The molecule has 0 aromatic carbocycles. The fourth-order valence-corrected chi connectivity index (χ4v) is 3.90. The Balaban J connectivity index is 2.21. The van der Waals surface area contributed by atoms with E-state index in [0.29, 0.717) is 5.25 Å². The molecule has 0 saturated carbocycles. The van der Waals surface area contributed by atoms with Gasteiger partial charge in [-0.2, -0.15) is 11.8 Å². The van der Waals surface area contributed by atoms with Gasteiger partial charge in [0.25, 0.3) is 0 Å². The number of thioether (sulfide) groups is 1. The Kier molecular flexibility index (Phi) is 3.96. The van der Waals surface area contributed by atoms with Gasteiger partial charge in [-0.05, 0) is 37.9 Å². The first-order chi connectivity index (χ1) is 7.16. The molecule has 0 aliphatic carbocycles. The minimum atomic E-state index is 0.691. The molecule has 82 valence electrons. The predicted octanol–water partition coefficient (Wildman–Crippen LogP) is 3.55. The van der Waals surface area contributed by atoms with Gasteiger partial charge in [0.2, 0.25) is 0 Å². The highest BCUT2D eigenvalue weighted by molar-refractivity contribution is 9.11. The largest absolute Gasteiger partial charge is 0.354 e. The summed E-state index contributed by atoms with van der Waals surface area (Å²) >= 11 is 9.01. The van der Waals surface area contributed by atoms with Crippen LogP contribution in [-0.2, 0) is 0 Å². The van der Waals surface area contributed by atoms with Gasteiger partial charge in [-0.1, -0.05) is 6.92 Å². The van der Waals surface area contributed by atoms with Crippen LogP contribution in [0.5, 0.6) is 0 Å². The predicted molar refractivity (Wildman–Crippen MR) is 73.8 cm³/mol. The lowest BCUT2D eigenvalue weighted by Gasteiger charge is -2.32. The van der Waals surface area contributed by atoms with Crippen molar-refractivity contribution in [2.75, 3.05) is 23.7 Å².